The molecule has 0 saturated heterocycles. The van der Waals surface area contributed by atoms with Crippen LogP contribution in [0.2, 0.25) is 0 Å². The van der Waals surface area contributed by atoms with E-state index in [2.05, 4.69) is 6.58 Å². The molecule has 11 heavy (non-hydrogen) atoms. The molecule has 4 heteroatoms. The third kappa shape index (κ3) is 3.94. The van der Waals surface area contributed by atoms with E-state index in [1.807, 2.05) is 0 Å². The summed E-state index contributed by atoms with van der Waals surface area (Å²) in [5.41, 5.74) is 0. The second-order valence-electron chi connectivity index (χ2n) is 1.87. The van der Waals surface area contributed by atoms with Gasteiger partial charge in [-0.25, -0.2) is 0 Å². The number of hydrogen-bond donors (Lipinski definition) is 2. The second kappa shape index (κ2) is 4.29. The fourth-order valence-electron chi connectivity index (χ4n) is 0.479. The predicted octanol–water partition coefficient (Wildman–Crippen LogP) is 1.81. The summed E-state index contributed by atoms with van der Waals surface area (Å²) in [6, 6.07) is 0. The smallest absolute Gasteiger partial charge is 0.321 e. The summed E-state index contributed by atoms with van der Waals surface area (Å²) in [6.45, 7) is 5.05. The van der Waals surface area contributed by atoms with E-state index in [1.54, 1.807) is 19.1 Å². The van der Waals surface area contributed by atoms with Gasteiger partial charge >= 0.3 is 7.60 Å². The summed E-state index contributed by atoms with van der Waals surface area (Å²) in [6.07, 6.45) is 5.73. The zero-order chi connectivity index (χ0) is 8.91. The quantitative estimate of drug-likeness (QED) is 0.506. The maximum absolute atomic E-state index is 10.6. The first kappa shape index (κ1) is 10.4. The molecular weight excluding hydrogens is 163 g/mol. The molecule has 0 bridgehead atoms. The average molecular weight is 174 g/mol. The van der Waals surface area contributed by atoms with Gasteiger partial charge < -0.3 is 9.79 Å². The van der Waals surface area contributed by atoms with Crippen molar-refractivity contribution in [1.82, 2.24) is 0 Å². The molecule has 0 aromatic carbocycles. The summed E-state index contributed by atoms with van der Waals surface area (Å²) in [5.74, 6) is 0. The highest BCUT2D eigenvalue weighted by molar-refractivity contribution is 7.56. The highest BCUT2D eigenvalue weighted by Crippen LogP contribution is 2.45. The van der Waals surface area contributed by atoms with Crippen LogP contribution in [-0.4, -0.2) is 9.79 Å². The Morgan fingerprint density at radius 1 is 1.55 bits per heavy atom. The molecule has 0 aliphatic carbocycles. The highest BCUT2D eigenvalue weighted by atomic mass is 31.2. The molecule has 0 rings (SSSR count). The fraction of sp³-hybridized carbons (Fsp3) is 0.143. The Morgan fingerprint density at radius 2 is 2.09 bits per heavy atom. The minimum Gasteiger partial charge on any atom is -0.321 e. The van der Waals surface area contributed by atoms with Crippen LogP contribution in [0, 0.1) is 0 Å². The summed E-state index contributed by atoms with van der Waals surface area (Å²) in [4.78, 5) is 17.3. The lowest BCUT2D eigenvalue weighted by atomic mass is 10.4. The third-order valence-corrected chi connectivity index (χ3v) is 2.01. The van der Waals surface area contributed by atoms with E-state index in [0.29, 0.717) is 0 Å². The first-order valence-corrected chi connectivity index (χ1v) is 4.65. The number of hydrogen-bond acceptors (Lipinski definition) is 1. The van der Waals surface area contributed by atoms with Gasteiger partial charge in [0.25, 0.3) is 0 Å². The molecule has 0 saturated carbocycles. The minimum absolute atomic E-state index is 0.0596. The van der Waals surface area contributed by atoms with Crippen LogP contribution in [0.25, 0.3) is 0 Å². The van der Waals surface area contributed by atoms with E-state index in [0.717, 1.165) is 6.08 Å². The summed E-state index contributed by atoms with van der Waals surface area (Å²) < 4.78 is 10.6. The zero-order valence-corrected chi connectivity index (χ0v) is 7.16. The first-order valence-electron chi connectivity index (χ1n) is 3.04. The third-order valence-electron chi connectivity index (χ3n) is 1.00. The maximum Gasteiger partial charge on any atom is 0.356 e. The van der Waals surface area contributed by atoms with Crippen LogP contribution in [0.1, 0.15) is 6.92 Å². The maximum atomic E-state index is 10.6. The van der Waals surface area contributed by atoms with Gasteiger partial charge in [0.1, 0.15) is 0 Å². The van der Waals surface area contributed by atoms with Gasteiger partial charge in [-0.1, -0.05) is 24.8 Å². The van der Waals surface area contributed by atoms with Gasteiger partial charge in [0.15, 0.2) is 0 Å². The lowest BCUT2D eigenvalue weighted by molar-refractivity contribution is 0.383. The summed E-state index contributed by atoms with van der Waals surface area (Å²) in [5, 5.41) is -0.0596. The Morgan fingerprint density at radius 3 is 2.36 bits per heavy atom. The van der Waals surface area contributed by atoms with Crippen LogP contribution in [-0.2, 0) is 4.57 Å². The van der Waals surface area contributed by atoms with Crippen LogP contribution < -0.4 is 0 Å². The largest absolute Gasteiger partial charge is 0.356 e. The summed E-state index contributed by atoms with van der Waals surface area (Å²) in [7, 11) is -4.11. The van der Waals surface area contributed by atoms with E-state index >= 15 is 0 Å². The van der Waals surface area contributed by atoms with Crippen LogP contribution in [0.15, 0.2) is 36.2 Å². The van der Waals surface area contributed by atoms with E-state index in [4.69, 9.17) is 9.79 Å². The summed E-state index contributed by atoms with van der Waals surface area (Å²) >= 11 is 0. The Labute approximate surface area is 65.9 Å². The van der Waals surface area contributed by atoms with Crippen molar-refractivity contribution in [1.29, 1.82) is 0 Å². The standard InChI is InChI=1S/C7H11O3P/c1-3-5-6-7(4-2)11(8,9)10/h3-6H,2H2,1H3,(H2,8,9,10). The molecular formula is C7H11O3P. The molecule has 0 heterocycles. The van der Waals surface area contributed by atoms with Crippen LogP contribution in [0.5, 0.6) is 0 Å². The second-order valence-corrected chi connectivity index (χ2v) is 3.47. The van der Waals surface area contributed by atoms with E-state index in [1.165, 1.54) is 6.08 Å². The van der Waals surface area contributed by atoms with Crippen molar-refractivity contribution >= 4 is 7.60 Å². The van der Waals surface area contributed by atoms with Gasteiger partial charge in [-0.3, -0.25) is 4.57 Å². The molecule has 2 N–H and O–H groups in total. The molecule has 0 radical (unpaired) electrons. The first-order chi connectivity index (χ1) is 5.02. The molecule has 0 fully saturated rings. The van der Waals surface area contributed by atoms with Crippen LogP contribution in [0.3, 0.4) is 0 Å². The van der Waals surface area contributed by atoms with Crippen molar-refractivity contribution in [3.05, 3.63) is 36.2 Å². The fourth-order valence-corrected chi connectivity index (χ4v) is 0.997. The van der Waals surface area contributed by atoms with Gasteiger partial charge in [0.05, 0.1) is 5.31 Å². The lowest BCUT2D eigenvalue weighted by Crippen LogP contribution is -1.79. The molecule has 0 spiro atoms. The van der Waals surface area contributed by atoms with E-state index in [-0.39, 0.29) is 5.31 Å². The minimum atomic E-state index is -4.11. The molecule has 0 atom stereocenters. The normalized spacial score (nSPS) is 13.9. The van der Waals surface area contributed by atoms with Gasteiger partial charge in [0, 0.05) is 0 Å². The molecule has 0 amide bonds. The number of rotatable bonds is 3. The van der Waals surface area contributed by atoms with Gasteiger partial charge in [-0.2, -0.15) is 0 Å². The average Bonchev–Trinajstić information content (AvgIpc) is 1.87. The molecule has 0 unspecified atom stereocenters. The highest BCUT2D eigenvalue weighted by Gasteiger charge is 2.15. The lowest BCUT2D eigenvalue weighted by Gasteiger charge is -2.01. The van der Waals surface area contributed by atoms with Crippen LogP contribution >= 0.6 is 7.60 Å². The van der Waals surface area contributed by atoms with Crippen molar-refractivity contribution in [2.75, 3.05) is 0 Å². The van der Waals surface area contributed by atoms with Crippen molar-refractivity contribution in [2.45, 2.75) is 6.92 Å². The van der Waals surface area contributed by atoms with Crippen LogP contribution in [0.4, 0.5) is 0 Å². The van der Waals surface area contributed by atoms with Gasteiger partial charge in [-0.05, 0) is 13.0 Å². The molecule has 3 nitrogen and oxygen atoms in total. The van der Waals surface area contributed by atoms with E-state index in [9.17, 15) is 4.57 Å². The Balaban J connectivity index is 4.68. The molecule has 0 aromatic heterocycles. The monoisotopic (exact) mass is 174 g/mol. The van der Waals surface area contributed by atoms with E-state index < -0.39 is 7.60 Å². The van der Waals surface area contributed by atoms with Crippen molar-refractivity contribution in [3.63, 3.8) is 0 Å². The Kier molecular flexibility index (Phi) is 4.04. The van der Waals surface area contributed by atoms with Gasteiger partial charge in [-0.15, -0.1) is 0 Å². The van der Waals surface area contributed by atoms with Crippen molar-refractivity contribution in [3.8, 4) is 0 Å². The predicted molar refractivity (Wildman–Crippen MR) is 45.1 cm³/mol. The van der Waals surface area contributed by atoms with Gasteiger partial charge in [0.2, 0.25) is 0 Å². The number of allylic oxidation sites excluding steroid dienone is 5. The topological polar surface area (TPSA) is 57.5 Å². The molecule has 0 aliphatic heterocycles. The van der Waals surface area contributed by atoms with Crippen molar-refractivity contribution < 1.29 is 14.4 Å². The molecule has 0 aliphatic rings. The van der Waals surface area contributed by atoms with Crippen molar-refractivity contribution in [2.24, 2.45) is 0 Å². The molecule has 62 valence electrons. The molecule has 0 aromatic rings. The SMILES string of the molecule is C=CC(=CC=CC)P(=O)(O)O. The Hall–Kier alpha value is -0.630. The zero-order valence-electron chi connectivity index (χ0n) is 6.27. The Bertz CT molecular complexity index is 234.